The van der Waals surface area contributed by atoms with E-state index in [1.807, 2.05) is 0 Å². The van der Waals surface area contributed by atoms with Gasteiger partial charge in [0.2, 0.25) is 0 Å². The molecule has 0 spiro atoms. The number of aliphatic hydroxyl groups excluding tert-OH is 2. The van der Waals surface area contributed by atoms with Crippen LogP contribution in [0.2, 0.25) is 0 Å². The summed E-state index contributed by atoms with van der Waals surface area (Å²) in [5.74, 6) is 0. The Labute approximate surface area is 87.1 Å². The van der Waals surface area contributed by atoms with Gasteiger partial charge in [-0.15, -0.1) is 0 Å². The van der Waals surface area contributed by atoms with Crippen molar-refractivity contribution in [3.63, 3.8) is 0 Å². The summed E-state index contributed by atoms with van der Waals surface area (Å²) >= 11 is 0. The highest BCUT2D eigenvalue weighted by molar-refractivity contribution is 5.66. The van der Waals surface area contributed by atoms with Crippen molar-refractivity contribution < 1.29 is 29.3 Å². The Morgan fingerprint density at radius 3 is 2.27 bits per heavy atom. The molecule has 0 radical (unpaired) electrons. The maximum atomic E-state index is 10.3. The van der Waals surface area contributed by atoms with E-state index in [0.717, 1.165) is 0 Å². The third-order valence-corrected chi connectivity index (χ3v) is 0.829. The van der Waals surface area contributed by atoms with Crippen LogP contribution in [0.4, 0.5) is 4.79 Å². The van der Waals surface area contributed by atoms with Crippen LogP contribution in [-0.4, -0.2) is 56.3 Å². The van der Waals surface area contributed by atoms with E-state index in [-0.39, 0.29) is 26.4 Å². The second-order valence-electron chi connectivity index (χ2n) is 1.93. The zero-order valence-corrected chi connectivity index (χ0v) is 8.43. The molecule has 0 aliphatic heterocycles. The highest BCUT2D eigenvalue weighted by Gasteiger charge is 1.95. The molecule has 0 saturated heterocycles. The number of carbonyl (C=O) groups excluding carboxylic acids is 2. The average molecular weight is 224 g/mol. The molecule has 0 saturated carbocycles. The predicted octanol–water partition coefficient (Wildman–Crippen LogP) is -2.01. The fraction of sp³-hybridized carbons (Fsp3) is 0.714. The van der Waals surface area contributed by atoms with Gasteiger partial charge in [0.15, 0.2) is 0 Å². The highest BCUT2D eigenvalue weighted by atomic mass is 16.6. The van der Waals surface area contributed by atoms with E-state index >= 15 is 0 Å². The number of rotatable bonds is 6. The van der Waals surface area contributed by atoms with Gasteiger partial charge in [0, 0.05) is 7.05 Å². The van der Waals surface area contributed by atoms with Crippen molar-refractivity contribution in [2.45, 2.75) is 0 Å². The van der Waals surface area contributed by atoms with Gasteiger partial charge in [-0.3, -0.25) is 10.2 Å². The topological polar surface area (TPSA) is 117 Å². The minimum atomic E-state index is -0.591. The number of hydrazine groups is 1. The molecule has 4 N–H and O–H groups in total. The van der Waals surface area contributed by atoms with Crippen LogP contribution in [0.25, 0.3) is 0 Å². The number of amides is 1. The summed E-state index contributed by atoms with van der Waals surface area (Å²) in [6.07, 6.45) is -0.591. The summed E-state index contributed by atoms with van der Waals surface area (Å²) in [4.78, 5) is 19.5. The molecule has 90 valence electrons. The van der Waals surface area contributed by atoms with Crippen molar-refractivity contribution in [3.8, 4) is 0 Å². The van der Waals surface area contributed by atoms with Crippen LogP contribution in [0.1, 0.15) is 0 Å². The minimum Gasteiger partial charge on any atom is -0.465 e. The maximum absolute atomic E-state index is 10.3. The molecular weight excluding hydrogens is 208 g/mol. The first-order valence-electron chi connectivity index (χ1n) is 4.09. The van der Waals surface area contributed by atoms with Crippen molar-refractivity contribution in [1.29, 1.82) is 0 Å². The van der Waals surface area contributed by atoms with Crippen LogP contribution in [0.5, 0.6) is 0 Å². The fourth-order valence-electron chi connectivity index (χ4n) is 0.377. The van der Waals surface area contributed by atoms with Crippen LogP contribution in [-0.2, 0) is 14.3 Å². The quantitative estimate of drug-likeness (QED) is 0.234. The molecule has 0 fully saturated rings. The molecule has 8 heteroatoms. The first-order valence-corrected chi connectivity index (χ1v) is 4.09. The number of hydrogen-bond donors (Lipinski definition) is 4. The SMILES string of the molecule is CNNC(=O)OCCO.O=COCCO. The van der Waals surface area contributed by atoms with Crippen LogP contribution in [0, 0.1) is 0 Å². The molecule has 0 aromatic carbocycles. The summed E-state index contributed by atoms with van der Waals surface area (Å²) in [5.41, 5.74) is 4.53. The van der Waals surface area contributed by atoms with Crippen molar-refractivity contribution in [3.05, 3.63) is 0 Å². The summed E-state index contributed by atoms with van der Waals surface area (Å²) in [6, 6.07) is 0. The number of nitrogens with one attached hydrogen (secondary N) is 2. The number of aliphatic hydroxyl groups is 2. The molecule has 1 amide bonds. The van der Waals surface area contributed by atoms with Crippen LogP contribution in [0.3, 0.4) is 0 Å². The van der Waals surface area contributed by atoms with Crippen LogP contribution < -0.4 is 10.9 Å². The zero-order valence-electron chi connectivity index (χ0n) is 8.43. The highest BCUT2D eigenvalue weighted by Crippen LogP contribution is 1.71. The van der Waals surface area contributed by atoms with E-state index in [0.29, 0.717) is 6.47 Å². The second kappa shape index (κ2) is 15.1. The first-order chi connectivity index (χ1) is 7.22. The molecule has 0 aliphatic rings. The molecule has 0 atom stereocenters. The van der Waals surface area contributed by atoms with Gasteiger partial charge < -0.3 is 19.7 Å². The average Bonchev–Trinajstić information content (AvgIpc) is 2.25. The summed E-state index contributed by atoms with van der Waals surface area (Å²) in [7, 11) is 1.54. The summed E-state index contributed by atoms with van der Waals surface area (Å²) in [6.45, 7) is 0.170. The molecule has 0 aliphatic carbocycles. The van der Waals surface area contributed by atoms with Gasteiger partial charge >= 0.3 is 6.09 Å². The summed E-state index contributed by atoms with van der Waals surface area (Å²) in [5, 5.41) is 16.1. The van der Waals surface area contributed by atoms with Crippen molar-refractivity contribution in [1.82, 2.24) is 10.9 Å². The largest absolute Gasteiger partial charge is 0.465 e. The van der Waals surface area contributed by atoms with Gasteiger partial charge in [-0.05, 0) is 0 Å². The molecule has 15 heavy (non-hydrogen) atoms. The Hall–Kier alpha value is -1.38. The van der Waals surface area contributed by atoms with Gasteiger partial charge in [0.25, 0.3) is 6.47 Å². The smallest absolute Gasteiger partial charge is 0.421 e. The first kappa shape index (κ1) is 16.1. The number of ether oxygens (including phenoxy) is 2. The minimum absolute atomic E-state index is 0.0213. The molecule has 0 aromatic rings. The molecule has 0 bridgehead atoms. The van der Waals surface area contributed by atoms with E-state index in [4.69, 9.17) is 10.2 Å². The summed E-state index contributed by atoms with van der Waals surface area (Å²) < 4.78 is 8.42. The van der Waals surface area contributed by atoms with Gasteiger partial charge in [-0.1, -0.05) is 0 Å². The van der Waals surface area contributed by atoms with Gasteiger partial charge in [-0.2, -0.15) is 0 Å². The normalized spacial score (nSPS) is 8.20. The van der Waals surface area contributed by atoms with E-state index in [2.05, 4.69) is 20.3 Å². The lowest BCUT2D eigenvalue weighted by Gasteiger charge is -2.01. The number of hydrogen-bond acceptors (Lipinski definition) is 7. The van der Waals surface area contributed by atoms with E-state index in [9.17, 15) is 9.59 Å². The Balaban J connectivity index is 0. The lowest BCUT2D eigenvalue weighted by atomic mass is 10.8. The van der Waals surface area contributed by atoms with Crippen LogP contribution in [0.15, 0.2) is 0 Å². The Morgan fingerprint density at radius 1 is 1.33 bits per heavy atom. The van der Waals surface area contributed by atoms with Gasteiger partial charge in [0.1, 0.15) is 13.2 Å². The van der Waals surface area contributed by atoms with Crippen molar-refractivity contribution in [2.75, 3.05) is 33.5 Å². The maximum Gasteiger partial charge on any atom is 0.421 e. The standard InChI is InChI=1S/C4H10N2O3.C3H6O3/c1-5-6-4(8)9-3-2-7;4-1-2-6-3-5/h5,7H,2-3H2,1H3,(H,6,8);3-4H,1-2H2. The molecular formula is C7H16N2O6. The third kappa shape index (κ3) is 19.2. The van der Waals surface area contributed by atoms with E-state index in [1.54, 1.807) is 7.05 Å². The zero-order chi connectivity index (χ0) is 11.9. The molecule has 0 rings (SSSR count). The number of carbonyl (C=O) groups is 2. The van der Waals surface area contributed by atoms with Crippen molar-refractivity contribution >= 4 is 12.6 Å². The monoisotopic (exact) mass is 224 g/mol. The molecule has 8 nitrogen and oxygen atoms in total. The Kier molecular flexibility index (Phi) is 16.2. The molecule has 0 heterocycles. The Morgan fingerprint density at radius 2 is 1.93 bits per heavy atom. The third-order valence-electron chi connectivity index (χ3n) is 0.829. The Bertz CT molecular complexity index is 154. The van der Waals surface area contributed by atoms with Crippen LogP contribution >= 0.6 is 0 Å². The lowest BCUT2D eigenvalue weighted by molar-refractivity contribution is -0.129. The van der Waals surface area contributed by atoms with E-state index < -0.39 is 6.09 Å². The van der Waals surface area contributed by atoms with E-state index in [1.165, 1.54) is 0 Å². The second-order valence-corrected chi connectivity index (χ2v) is 1.93. The van der Waals surface area contributed by atoms with Gasteiger partial charge in [-0.25, -0.2) is 10.2 Å². The predicted molar refractivity (Wildman–Crippen MR) is 49.7 cm³/mol. The molecule has 0 aromatic heterocycles. The van der Waals surface area contributed by atoms with Gasteiger partial charge in [0.05, 0.1) is 13.2 Å². The van der Waals surface area contributed by atoms with Crippen molar-refractivity contribution in [2.24, 2.45) is 0 Å². The fourth-order valence-corrected chi connectivity index (χ4v) is 0.377. The molecule has 0 unspecified atom stereocenters. The lowest BCUT2D eigenvalue weighted by Crippen LogP contribution is -2.35.